The van der Waals surface area contributed by atoms with Crippen molar-refractivity contribution in [1.29, 1.82) is 0 Å². The van der Waals surface area contributed by atoms with Crippen LogP contribution >= 0.6 is 12.4 Å². The molecular weight excluding hydrogens is 354 g/mol. The summed E-state index contributed by atoms with van der Waals surface area (Å²) >= 11 is 0. The summed E-state index contributed by atoms with van der Waals surface area (Å²) in [4.78, 5) is 2.16. The lowest BCUT2D eigenvalue weighted by atomic mass is 10.0. The monoisotopic (exact) mass is 379 g/mol. The van der Waals surface area contributed by atoms with E-state index in [2.05, 4.69) is 0 Å². The van der Waals surface area contributed by atoms with Crippen molar-refractivity contribution in [2.45, 2.75) is 24.5 Å². The molecule has 0 aliphatic carbocycles. The van der Waals surface area contributed by atoms with Gasteiger partial charge in [-0.25, -0.2) is 8.42 Å². The maximum absolute atomic E-state index is 12.2. The number of ether oxygens (including phenoxy) is 1. The van der Waals surface area contributed by atoms with E-state index in [0.29, 0.717) is 25.3 Å². The van der Waals surface area contributed by atoms with Crippen molar-refractivity contribution in [3.05, 3.63) is 29.8 Å². The molecule has 0 amide bonds. The van der Waals surface area contributed by atoms with E-state index < -0.39 is 15.6 Å². The largest absolute Gasteiger partial charge is 0.395 e. The van der Waals surface area contributed by atoms with Crippen LogP contribution in [-0.4, -0.2) is 62.1 Å². The highest BCUT2D eigenvalue weighted by Crippen LogP contribution is 2.28. The Morgan fingerprint density at radius 1 is 1.29 bits per heavy atom. The molecule has 0 spiro atoms. The summed E-state index contributed by atoms with van der Waals surface area (Å²) in [7, 11) is -3.31. The Hall–Kier alpha value is -0.700. The zero-order valence-electron chi connectivity index (χ0n) is 14.0. The van der Waals surface area contributed by atoms with E-state index in [1.54, 1.807) is 12.1 Å². The highest BCUT2D eigenvalue weighted by molar-refractivity contribution is 7.91. The molecule has 1 atom stereocenters. The van der Waals surface area contributed by atoms with E-state index in [-0.39, 0.29) is 42.1 Å². The standard InChI is InChI=1S/C16H25NO5S.ClH/c1-13(2)11-23(20,21)15-5-3-14(4-6-15)16(19)12-17(7-9-18)8-10-22-16;/h3-6,13,18-19H,7-12H2,1-2H3;1H. The molecule has 0 bridgehead atoms. The van der Waals surface area contributed by atoms with Crippen molar-refractivity contribution >= 4 is 22.2 Å². The molecule has 138 valence electrons. The second kappa shape index (κ2) is 8.60. The van der Waals surface area contributed by atoms with Crippen molar-refractivity contribution in [3.8, 4) is 0 Å². The Kier molecular flexibility index (Phi) is 7.65. The molecule has 1 aromatic carbocycles. The topological polar surface area (TPSA) is 87.1 Å². The Morgan fingerprint density at radius 2 is 1.92 bits per heavy atom. The van der Waals surface area contributed by atoms with Gasteiger partial charge in [0.2, 0.25) is 5.79 Å². The van der Waals surface area contributed by atoms with Gasteiger partial charge in [-0.1, -0.05) is 26.0 Å². The van der Waals surface area contributed by atoms with Crippen LogP contribution in [0, 0.1) is 5.92 Å². The van der Waals surface area contributed by atoms with Gasteiger partial charge in [0, 0.05) is 18.7 Å². The number of hydrogen-bond acceptors (Lipinski definition) is 6. The third-order valence-corrected chi connectivity index (χ3v) is 5.92. The third-order valence-electron chi connectivity index (χ3n) is 3.82. The van der Waals surface area contributed by atoms with Gasteiger partial charge in [-0.3, -0.25) is 4.90 Å². The Labute approximate surface area is 149 Å². The highest BCUT2D eigenvalue weighted by Gasteiger charge is 2.36. The van der Waals surface area contributed by atoms with Crippen LogP contribution in [0.1, 0.15) is 19.4 Å². The first-order valence-corrected chi connectivity index (χ1v) is 9.45. The molecular formula is C16H26ClNO5S. The van der Waals surface area contributed by atoms with Crippen LogP contribution in [0.4, 0.5) is 0 Å². The average molecular weight is 380 g/mol. The molecule has 0 radical (unpaired) electrons. The normalized spacial score (nSPS) is 22.4. The van der Waals surface area contributed by atoms with Crippen LogP contribution in [0.3, 0.4) is 0 Å². The molecule has 24 heavy (non-hydrogen) atoms. The van der Waals surface area contributed by atoms with E-state index >= 15 is 0 Å². The predicted octanol–water partition coefficient (Wildman–Crippen LogP) is 1.01. The zero-order chi connectivity index (χ0) is 17.1. The van der Waals surface area contributed by atoms with Gasteiger partial charge >= 0.3 is 0 Å². The van der Waals surface area contributed by atoms with Crippen molar-refractivity contribution in [2.75, 3.05) is 38.6 Å². The molecule has 1 aliphatic rings. The summed E-state index contributed by atoms with van der Waals surface area (Å²) in [5.41, 5.74) is 0.517. The van der Waals surface area contributed by atoms with Gasteiger partial charge in [0.25, 0.3) is 0 Å². The van der Waals surface area contributed by atoms with Gasteiger partial charge in [0.15, 0.2) is 9.84 Å². The summed E-state index contributed by atoms with van der Waals surface area (Å²) in [6.07, 6.45) is 0. The lowest BCUT2D eigenvalue weighted by Crippen LogP contribution is -2.50. The highest BCUT2D eigenvalue weighted by atomic mass is 35.5. The smallest absolute Gasteiger partial charge is 0.205 e. The number of β-amino-alcohol motifs (C(OH)–C–C–N with tert-alkyl or cyclic N) is 2. The lowest BCUT2D eigenvalue weighted by Gasteiger charge is -2.39. The molecule has 1 saturated heterocycles. The van der Waals surface area contributed by atoms with E-state index in [9.17, 15) is 13.5 Å². The van der Waals surface area contributed by atoms with Gasteiger partial charge in [-0.15, -0.1) is 12.4 Å². The van der Waals surface area contributed by atoms with Crippen LogP contribution < -0.4 is 0 Å². The first-order valence-electron chi connectivity index (χ1n) is 7.80. The fourth-order valence-electron chi connectivity index (χ4n) is 2.74. The number of rotatable bonds is 6. The summed E-state index contributed by atoms with van der Waals surface area (Å²) < 4.78 is 29.9. The molecule has 2 N–H and O–H groups in total. The molecule has 1 aromatic rings. The van der Waals surface area contributed by atoms with Crippen LogP contribution in [0.15, 0.2) is 29.2 Å². The fourth-order valence-corrected chi connectivity index (χ4v) is 4.36. The minimum atomic E-state index is -3.31. The van der Waals surface area contributed by atoms with E-state index in [4.69, 9.17) is 9.84 Å². The maximum atomic E-state index is 12.2. The Bertz CT molecular complexity index is 618. The van der Waals surface area contributed by atoms with E-state index in [1.807, 2.05) is 18.7 Å². The average Bonchev–Trinajstić information content (AvgIpc) is 2.46. The van der Waals surface area contributed by atoms with Gasteiger partial charge in [-0.05, 0) is 18.1 Å². The molecule has 8 heteroatoms. The Balaban J connectivity index is 0.00000288. The molecule has 1 fully saturated rings. The SMILES string of the molecule is CC(C)CS(=O)(=O)c1ccc(C2(O)CN(CCO)CCO2)cc1.Cl. The van der Waals surface area contributed by atoms with Crippen LogP contribution in [0.2, 0.25) is 0 Å². The van der Waals surface area contributed by atoms with Gasteiger partial charge in [-0.2, -0.15) is 0 Å². The van der Waals surface area contributed by atoms with Crippen LogP contribution in [-0.2, 0) is 20.4 Å². The van der Waals surface area contributed by atoms with Crippen molar-refractivity contribution in [1.82, 2.24) is 4.90 Å². The van der Waals surface area contributed by atoms with Crippen LogP contribution in [0.25, 0.3) is 0 Å². The number of benzene rings is 1. The van der Waals surface area contributed by atoms with Gasteiger partial charge < -0.3 is 14.9 Å². The zero-order valence-corrected chi connectivity index (χ0v) is 15.6. The van der Waals surface area contributed by atoms with Crippen LogP contribution in [0.5, 0.6) is 0 Å². The Morgan fingerprint density at radius 3 is 2.46 bits per heavy atom. The number of nitrogens with zero attached hydrogens (tertiary/aromatic N) is 1. The summed E-state index contributed by atoms with van der Waals surface area (Å²) in [5, 5.41) is 19.7. The number of hydrogen-bond donors (Lipinski definition) is 2. The molecule has 0 saturated carbocycles. The summed E-state index contributed by atoms with van der Waals surface area (Å²) in [5.74, 6) is -1.33. The molecule has 0 aromatic heterocycles. The molecule has 1 aliphatic heterocycles. The summed E-state index contributed by atoms with van der Waals surface area (Å²) in [6.45, 7) is 5.44. The number of aliphatic hydroxyl groups excluding tert-OH is 1. The number of sulfone groups is 1. The first kappa shape index (κ1) is 21.3. The van der Waals surface area contributed by atoms with E-state index in [1.165, 1.54) is 12.1 Å². The quantitative estimate of drug-likeness (QED) is 0.767. The molecule has 2 rings (SSSR count). The third kappa shape index (κ3) is 5.15. The number of halogens is 1. The molecule has 1 unspecified atom stereocenters. The second-order valence-corrected chi connectivity index (χ2v) is 8.37. The van der Waals surface area contributed by atoms with Gasteiger partial charge in [0.1, 0.15) is 0 Å². The number of morpholine rings is 1. The molecule has 1 heterocycles. The molecule has 6 nitrogen and oxygen atoms in total. The maximum Gasteiger partial charge on any atom is 0.205 e. The minimum Gasteiger partial charge on any atom is -0.395 e. The fraction of sp³-hybridized carbons (Fsp3) is 0.625. The lowest BCUT2D eigenvalue weighted by molar-refractivity contribution is -0.248. The first-order chi connectivity index (χ1) is 10.8. The second-order valence-electron chi connectivity index (χ2n) is 6.33. The number of aliphatic hydroxyl groups is 2. The summed E-state index contributed by atoms with van der Waals surface area (Å²) in [6, 6.07) is 6.21. The minimum absolute atomic E-state index is 0. The van der Waals surface area contributed by atoms with Crippen molar-refractivity contribution < 1.29 is 23.4 Å². The van der Waals surface area contributed by atoms with Crippen molar-refractivity contribution in [3.63, 3.8) is 0 Å². The van der Waals surface area contributed by atoms with E-state index in [0.717, 1.165) is 0 Å². The predicted molar refractivity (Wildman–Crippen MR) is 94.0 cm³/mol. The van der Waals surface area contributed by atoms with Gasteiger partial charge in [0.05, 0.1) is 30.4 Å². The van der Waals surface area contributed by atoms with Crippen molar-refractivity contribution in [2.24, 2.45) is 5.92 Å².